The lowest BCUT2D eigenvalue weighted by molar-refractivity contribution is -0.142. The number of methoxy groups -OCH3 is 1. The van der Waals surface area contributed by atoms with Crippen molar-refractivity contribution in [1.29, 1.82) is 0 Å². The van der Waals surface area contributed by atoms with Crippen LogP contribution in [0.3, 0.4) is 0 Å². The first-order valence-electron chi connectivity index (χ1n) is 4.86. The van der Waals surface area contributed by atoms with Gasteiger partial charge in [0.15, 0.2) is 0 Å². The first kappa shape index (κ1) is 12.8. The van der Waals surface area contributed by atoms with Gasteiger partial charge in [-0.3, -0.25) is 4.79 Å². The monoisotopic (exact) mass is 287 g/mol. The third-order valence-corrected chi connectivity index (χ3v) is 2.68. The van der Waals surface area contributed by atoms with E-state index in [9.17, 15) is 4.79 Å². The SMILES string of the molecule is CCOC(=O)Cc1cc(Br)c(N)c(OC)c1. The summed E-state index contributed by atoms with van der Waals surface area (Å²) in [7, 11) is 1.53. The van der Waals surface area contributed by atoms with Crippen molar-refractivity contribution in [3.63, 3.8) is 0 Å². The molecule has 0 aliphatic rings. The molecule has 0 saturated heterocycles. The third-order valence-electron chi connectivity index (χ3n) is 2.03. The van der Waals surface area contributed by atoms with E-state index in [1.807, 2.05) is 0 Å². The molecule has 0 aromatic heterocycles. The second kappa shape index (κ2) is 5.75. The van der Waals surface area contributed by atoms with Crippen molar-refractivity contribution in [2.75, 3.05) is 19.5 Å². The van der Waals surface area contributed by atoms with E-state index >= 15 is 0 Å². The van der Waals surface area contributed by atoms with Crippen LogP contribution in [0.1, 0.15) is 12.5 Å². The van der Waals surface area contributed by atoms with Gasteiger partial charge in [-0.15, -0.1) is 0 Å². The fraction of sp³-hybridized carbons (Fsp3) is 0.364. The molecule has 16 heavy (non-hydrogen) atoms. The number of benzene rings is 1. The van der Waals surface area contributed by atoms with Crippen molar-refractivity contribution in [3.05, 3.63) is 22.2 Å². The summed E-state index contributed by atoms with van der Waals surface area (Å²) in [5.74, 6) is 0.287. The molecule has 1 aromatic carbocycles. The van der Waals surface area contributed by atoms with Gasteiger partial charge in [0, 0.05) is 4.47 Å². The van der Waals surface area contributed by atoms with E-state index in [0.717, 1.165) is 5.56 Å². The van der Waals surface area contributed by atoms with Crippen LogP contribution in [0, 0.1) is 0 Å². The summed E-state index contributed by atoms with van der Waals surface area (Å²) in [5.41, 5.74) is 7.09. The molecule has 0 fully saturated rings. The van der Waals surface area contributed by atoms with Crippen molar-refractivity contribution in [2.24, 2.45) is 0 Å². The Morgan fingerprint density at radius 2 is 2.19 bits per heavy atom. The summed E-state index contributed by atoms with van der Waals surface area (Å²) in [6.07, 6.45) is 0.211. The van der Waals surface area contributed by atoms with E-state index in [4.69, 9.17) is 15.2 Å². The molecule has 5 heteroatoms. The lowest BCUT2D eigenvalue weighted by Crippen LogP contribution is -2.08. The Hall–Kier alpha value is -1.23. The van der Waals surface area contributed by atoms with E-state index < -0.39 is 0 Å². The molecule has 0 aliphatic heterocycles. The van der Waals surface area contributed by atoms with Crippen LogP contribution in [0.15, 0.2) is 16.6 Å². The highest BCUT2D eigenvalue weighted by atomic mass is 79.9. The number of nitrogens with two attached hydrogens (primary N) is 1. The van der Waals surface area contributed by atoms with Crippen molar-refractivity contribution in [2.45, 2.75) is 13.3 Å². The highest BCUT2D eigenvalue weighted by Crippen LogP contribution is 2.31. The molecular weight excluding hydrogens is 274 g/mol. The van der Waals surface area contributed by atoms with Crippen molar-refractivity contribution >= 4 is 27.6 Å². The summed E-state index contributed by atoms with van der Waals surface area (Å²) in [4.78, 5) is 11.3. The lowest BCUT2D eigenvalue weighted by Gasteiger charge is -2.09. The molecule has 88 valence electrons. The lowest BCUT2D eigenvalue weighted by atomic mass is 10.1. The Balaban J connectivity index is 2.89. The van der Waals surface area contributed by atoms with Crippen LogP contribution in [0.4, 0.5) is 5.69 Å². The number of esters is 1. The molecule has 0 radical (unpaired) electrons. The maximum absolute atomic E-state index is 11.3. The standard InChI is InChI=1S/C11H14BrNO3/c1-3-16-10(14)6-7-4-8(12)11(13)9(5-7)15-2/h4-5H,3,6,13H2,1-2H3. The van der Waals surface area contributed by atoms with Crippen molar-refractivity contribution < 1.29 is 14.3 Å². The Kier molecular flexibility index (Phi) is 4.61. The van der Waals surface area contributed by atoms with Crippen LogP contribution in [-0.2, 0) is 16.0 Å². The second-order valence-electron chi connectivity index (χ2n) is 3.18. The van der Waals surface area contributed by atoms with Gasteiger partial charge in [-0.1, -0.05) is 0 Å². The summed E-state index contributed by atoms with van der Waals surface area (Å²) in [5, 5.41) is 0. The maximum Gasteiger partial charge on any atom is 0.310 e. The van der Waals surface area contributed by atoms with Crippen LogP contribution in [0.2, 0.25) is 0 Å². The molecule has 1 rings (SSSR count). The van der Waals surface area contributed by atoms with E-state index in [0.29, 0.717) is 22.5 Å². The molecule has 0 unspecified atom stereocenters. The van der Waals surface area contributed by atoms with E-state index in [-0.39, 0.29) is 12.4 Å². The predicted molar refractivity (Wildman–Crippen MR) is 65.4 cm³/mol. The first-order valence-corrected chi connectivity index (χ1v) is 5.65. The van der Waals surface area contributed by atoms with Crippen LogP contribution >= 0.6 is 15.9 Å². The molecule has 0 amide bonds. The zero-order valence-electron chi connectivity index (χ0n) is 9.25. The van der Waals surface area contributed by atoms with Crippen LogP contribution in [-0.4, -0.2) is 19.7 Å². The summed E-state index contributed by atoms with van der Waals surface area (Å²) in [6.45, 7) is 2.16. The molecule has 0 spiro atoms. The number of halogens is 1. The molecule has 4 nitrogen and oxygen atoms in total. The van der Waals surface area contributed by atoms with Crippen molar-refractivity contribution in [1.82, 2.24) is 0 Å². The molecular formula is C11H14BrNO3. The average Bonchev–Trinajstić information content (AvgIpc) is 2.23. The number of rotatable bonds is 4. The Labute approximate surface area is 103 Å². The van der Waals surface area contributed by atoms with Crippen LogP contribution in [0.5, 0.6) is 5.75 Å². The molecule has 0 atom stereocenters. The predicted octanol–water partition coefficient (Wildman–Crippen LogP) is 2.15. The minimum Gasteiger partial charge on any atom is -0.495 e. The van der Waals surface area contributed by atoms with Gasteiger partial charge < -0.3 is 15.2 Å². The summed E-state index contributed by atoms with van der Waals surface area (Å²) >= 11 is 3.31. The van der Waals surface area contributed by atoms with Gasteiger partial charge in [0.2, 0.25) is 0 Å². The number of carbonyl (C=O) groups excluding carboxylic acids is 1. The van der Waals surface area contributed by atoms with E-state index in [1.54, 1.807) is 19.1 Å². The Bertz CT molecular complexity index is 393. The van der Waals surface area contributed by atoms with E-state index in [2.05, 4.69) is 15.9 Å². The van der Waals surface area contributed by atoms with Crippen LogP contribution < -0.4 is 10.5 Å². The number of hydrogen-bond acceptors (Lipinski definition) is 4. The Morgan fingerprint density at radius 3 is 2.75 bits per heavy atom. The summed E-state index contributed by atoms with van der Waals surface area (Å²) < 4.78 is 10.7. The quantitative estimate of drug-likeness (QED) is 0.681. The fourth-order valence-electron chi connectivity index (χ4n) is 1.30. The number of carbonyl (C=O) groups is 1. The molecule has 0 heterocycles. The number of ether oxygens (including phenoxy) is 2. The molecule has 0 saturated carbocycles. The first-order chi connectivity index (χ1) is 7.58. The fourth-order valence-corrected chi connectivity index (χ4v) is 1.79. The highest BCUT2D eigenvalue weighted by molar-refractivity contribution is 9.10. The zero-order valence-corrected chi connectivity index (χ0v) is 10.8. The van der Waals surface area contributed by atoms with Gasteiger partial charge >= 0.3 is 5.97 Å². The second-order valence-corrected chi connectivity index (χ2v) is 4.03. The molecule has 0 aliphatic carbocycles. The number of hydrogen-bond donors (Lipinski definition) is 1. The smallest absolute Gasteiger partial charge is 0.310 e. The van der Waals surface area contributed by atoms with Crippen molar-refractivity contribution in [3.8, 4) is 5.75 Å². The normalized spacial score (nSPS) is 9.94. The third kappa shape index (κ3) is 3.13. The number of anilines is 1. The minimum atomic E-state index is -0.263. The molecule has 2 N–H and O–H groups in total. The number of nitrogen functional groups attached to an aromatic ring is 1. The molecule has 1 aromatic rings. The highest BCUT2D eigenvalue weighted by Gasteiger charge is 2.10. The van der Waals surface area contributed by atoms with Gasteiger partial charge in [-0.25, -0.2) is 0 Å². The largest absolute Gasteiger partial charge is 0.495 e. The topological polar surface area (TPSA) is 61.5 Å². The average molecular weight is 288 g/mol. The Morgan fingerprint density at radius 1 is 1.50 bits per heavy atom. The molecule has 0 bridgehead atoms. The van der Waals surface area contributed by atoms with E-state index in [1.165, 1.54) is 7.11 Å². The van der Waals surface area contributed by atoms with Gasteiger partial charge in [0.1, 0.15) is 5.75 Å². The van der Waals surface area contributed by atoms with Gasteiger partial charge in [0.05, 0.1) is 25.8 Å². The zero-order chi connectivity index (χ0) is 12.1. The van der Waals surface area contributed by atoms with Gasteiger partial charge in [-0.2, -0.15) is 0 Å². The van der Waals surface area contributed by atoms with Gasteiger partial charge in [-0.05, 0) is 40.5 Å². The summed E-state index contributed by atoms with van der Waals surface area (Å²) in [6, 6.07) is 3.52. The van der Waals surface area contributed by atoms with Crippen LogP contribution in [0.25, 0.3) is 0 Å². The van der Waals surface area contributed by atoms with Gasteiger partial charge in [0.25, 0.3) is 0 Å². The minimum absolute atomic E-state index is 0.211. The maximum atomic E-state index is 11.3.